The minimum Gasteiger partial charge on any atom is -0.306 e. The third kappa shape index (κ3) is 5.95. The number of likely N-dealkylation sites (N-methyl/N-ethyl adjacent to an activating group) is 1. The van der Waals surface area contributed by atoms with Crippen molar-refractivity contribution in [2.24, 2.45) is 0 Å². The Morgan fingerprint density at radius 1 is 1.00 bits per heavy atom. The Balaban J connectivity index is 0.000000246. The molecule has 0 amide bonds. The largest absolute Gasteiger partial charge is 0.306 e. The van der Waals surface area contributed by atoms with E-state index in [0.717, 1.165) is 6.54 Å². The van der Waals surface area contributed by atoms with E-state index in [1.54, 1.807) is 0 Å². The van der Waals surface area contributed by atoms with E-state index in [2.05, 4.69) is 53.8 Å². The van der Waals surface area contributed by atoms with Crippen molar-refractivity contribution in [3.05, 3.63) is 16.1 Å². The van der Waals surface area contributed by atoms with Crippen LogP contribution >= 0.6 is 11.3 Å². The first-order valence-electron chi connectivity index (χ1n) is 8.58. The van der Waals surface area contributed by atoms with Gasteiger partial charge < -0.3 is 9.80 Å². The Hall–Kier alpha value is -0.490. The second-order valence-corrected chi connectivity index (χ2v) is 8.06. The molecule has 0 radical (unpaired) electrons. The quantitative estimate of drug-likeness (QED) is 0.852. The van der Waals surface area contributed by atoms with E-state index < -0.39 is 0 Å². The molecule has 0 unspecified atom stereocenters. The summed E-state index contributed by atoms with van der Waals surface area (Å²) in [4.78, 5) is 13.2. The van der Waals surface area contributed by atoms with Crippen LogP contribution in [0.25, 0.3) is 0 Å². The van der Waals surface area contributed by atoms with Crippen LogP contribution < -0.4 is 0 Å². The average Bonchev–Trinajstić information content (AvgIpc) is 3.14. The van der Waals surface area contributed by atoms with Gasteiger partial charge in [0.2, 0.25) is 0 Å². The van der Waals surface area contributed by atoms with Gasteiger partial charge in [-0.15, -0.1) is 11.3 Å². The summed E-state index contributed by atoms with van der Waals surface area (Å²) in [5.74, 6) is 0.561. The summed E-state index contributed by atoms with van der Waals surface area (Å²) in [6.07, 6.45) is 4.88. The highest BCUT2D eigenvalue weighted by Crippen LogP contribution is 2.22. The van der Waals surface area contributed by atoms with Crippen LogP contribution in [-0.2, 0) is 6.54 Å². The summed E-state index contributed by atoms with van der Waals surface area (Å²) in [7, 11) is 4.37. The van der Waals surface area contributed by atoms with Crippen LogP contribution in [0.2, 0.25) is 0 Å². The summed E-state index contributed by atoms with van der Waals surface area (Å²) in [5.41, 5.74) is 0. The van der Waals surface area contributed by atoms with Crippen molar-refractivity contribution in [3.8, 4) is 0 Å². The molecule has 4 nitrogen and oxygen atoms in total. The standard InChI is InChI=1S/C12H21N3S.C5H11N/c1-10(2)12-13-8-11(16-12)9-15-6-4-14(3)5-7-15;1-6-4-2-3-5-6/h8,10H,4-7,9H2,1-3H3;2-5H2,1H3. The molecule has 22 heavy (non-hydrogen) atoms. The van der Waals surface area contributed by atoms with E-state index in [1.807, 2.05) is 11.3 Å². The molecule has 3 rings (SSSR count). The second-order valence-electron chi connectivity index (χ2n) is 6.91. The maximum Gasteiger partial charge on any atom is 0.0953 e. The van der Waals surface area contributed by atoms with Crippen LogP contribution in [0.3, 0.4) is 0 Å². The zero-order valence-corrected chi connectivity index (χ0v) is 15.5. The topological polar surface area (TPSA) is 22.6 Å². The van der Waals surface area contributed by atoms with Gasteiger partial charge in [-0.2, -0.15) is 0 Å². The molecule has 126 valence electrons. The molecule has 2 aliphatic rings. The maximum absolute atomic E-state index is 4.48. The number of hydrogen-bond donors (Lipinski definition) is 0. The second kappa shape index (κ2) is 8.96. The summed E-state index contributed by atoms with van der Waals surface area (Å²) < 4.78 is 0. The molecule has 0 spiro atoms. The van der Waals surface area contributed by atoms with Crippen LogP contribution in [0.4, 0.5) is 0 Å². The Kier molecular flexibility index (Phi) is 7.28. The molecule has 2 saturated heterocycles. The number of nitrogens with zero attached hydrogens (tertiary/aromatic N) is 4. The van der Waals surface area contributed by atoms with Crippen molar-refractivity contribution in [1.29, 1.82) is 0 Å². The van der Waals surface area contributed by atoms with Gasteiger partial charge >= 0.3 is 0 Å². The van der Waals surface area contributed by atoms with Crippen molar-refractivity contribution in [2.75, 3.05) is 53.4 Å². The number of likely N-dealkylation sites (tertiary alicyclic amines) is 1. The predicted octanol–water partition coefficient (Wildman–Crippen LogP) is 2.73. The first kappa shape index (κ1) is 17.9. The van der Waals surface area contributed by atoms with Gasteiger partial charge in [0.15, 0.2) is 0 Å². The fourth-order valence-corrected chi connectivity index (χ4v) is 3.73. The van der Waals surface area contributed by atoms with Gasteiger partial charge in [0, 0.05) is 49.7 Å². The van der Waals surface area contributed by atoms with Gasteiger partial charge in [-0.05, 0) is 40.0 Å². The number of hydrogen-bond acceptors (Lipinski definition) is 5. The molecule has 2 fully saturated rings. The molecule has 0 aliphatic carbocycles. The highest BCUT2D eigenvalue weighted by Gasteiger charge is 2.15. The van der Waals surface area contributed by atoms with Crippen molar-refractivity contribution in [2.45, 2.75) is 39.2 Å². The van der Waals surface area contributed by atoms with Crippen molar-refractivity contribution < 1.29 is 0 Å². The number of thiazole rings is 1. The molecule has 1 aromatic rings. The van der Waals surface area contributed by atoms with E-state index in [1.165, 1.54) is 62.0 Å². The smallest absolute Gasteiger partial charge is 0.0953 e. The number of piperazine rings is 1. The van der Waals surface area contributed by atoms with Crippen LogP contribution in [0.1, 0.15) is 42.5 Å². The molecule has 2 aliphatic heterocycles. The molecule has 0 saturated carbocycles. The third-order valence-electron chi connectivity index (χ3n) is 4.37. The van der Waals surface area contributed by atoms with E-state index in [9.17, 15) is 0 Å². The Morgan fingerprint density at radius 3 is 2.05 bits per heavy atom. The lowest BCUT2D eigenvalue weighted by Gasteiger charge is -2.31. The van der Waals surface area contributed by atoms with Gasteiger partial charge in [0.1, 0.15) is 0 Å². The fraction of sp³-hybridized carbons (Fsp3) is 0.824. The van der Waals surface area contributed by atoms with Crippen molar-refractivity contribution >= 4 is 11.3 Å². The highest BCUT2D eigenvalue weighted by atomic mass is 32.1. The molecule has 5 heteroatoms. The molecule has 0 bridgehead atoms. The molecule has 3 heterocycles. The number of aromatic nitrogens is 1. The molecular weight excluding hydrogens is 292 g/mol. The van der Waals surface area contributed by atoms with Crippen LogP contribution in [0, 0.1) is 0 Å². The lowest BCUT2D eigenvalue weighted by Crippen LogP contribution is -2.43. The zero-order valence-electron chi connectivity index (χ0n) is 14.7. The summed E-state index contributed by atoms with van der Waals surface area (Å²) >= 11 is 1.87. The Labute approximate surface area is 140 Å². The van der Waals surface area contributed by atoms with Crippen molar-refractivity contribution in [1.82, 2.24) is 19.7 Å². The van der Waals surface area contributed by atoms with Gasteiger partial charge in [-0.3, -0.25) is 4.90 Å². The summed E-state index contributed by atoms with van der Waals surface area (Å²) in [6, 6.07) is 0. The van der Waals surface area contributed by atoms with E-state index in [-0.39, 0.29) is 0 Å². The molecule has 0 aromatic carbocycles. The normalized spacial score (nSPS) is 21.1. The molecule has 0 N–H and O–H groups in total. The van der Waals surface area contributed by atoms with Gasteiger partial charge in [-0.1, -0.05) is 13.8 Å². The van der Waals surface area contributed by atoms with Gasteiger partial charge in [0.05, 0.1) is 5.01 Å². The number of rotatable bonds is 3. The highest BCUT2D eigenvalue weighted by molar-refractivity contribution is 7.11. The molecule has 1 aromatic heterocycles. The zero-order chi connectivity index (χ0) is 15.9. The van der Waals surface area contributed by atoms with E-state index in [0.29, 0.717) is 5.92 Å². The van der Waals surface area contributed by atoms with Crippen LogP contribution in [-0.4, -0.2) is 73.0 Å². The van der Waals surface area contributed by atoms with Crippen LogP contribution in [0.5, 0.6) is 0 Å². The van der Waals surface area contributed by atoms with Gasteiger partial charge in [0.25, 0.3) is 0 Å². The maximum atomic E-state index is 4.48. The minimum atomic E-state index is 0.561. The van der Waals surface area contributed by atoms with Crippen molar-refractivity contribution in [3.63, 3.8) is 0 Å². The van der Waals surface area contributed by atoms with E-state index in [4.69, 9.17) is 0 Å². The summed E-state index contributed by atoms with van der Waals surface area (Å²) in [5, 5.41) is 1.27. The van der Waals surface area contributed by atoms with Crippen LogP contribution in [0.15, 0.2) is 6.20 Å². The average molecular weight is 325 g/mol. The minimum absolute atomic E-state index is 0.561. The Bertz CT molecular complexity index is 418. The monoisotopic (exact) mass is 324 g/mol. The fourth-order valence-electron chi connectivity index (χ4n) is 2.76. The summed E-state index contributed by atoms with van der Waals surface area (Å²) in [6.45, 7) is 12.9. The first-order chi connectivity index (χ1) is 10.5. The van der Waals surface area contributed by atoms with E-state index >= 15 is 0 Å². The SMILES string of the molecule is CC(C)c1ncc(CN2CCN(C)CC2)s1.CN1CCCC1. The Morgan fingerprint density at radius 2 is 1.59 bits per heavy atom. The lowest BCUT2D eigenvalue weighted by atomic mass is 10.2. The molecule has 0 atom stereocenters. The lowest BCUT2D eigenvalue weighted by molar-refractivity contribution is 0.149. The van der Waals surface area contributed by atoms with Gasteiger partial charge in [-0.25, -0.2) is 4.98 Å². The third-order valence-corrected chi connectivity index (χ3v) is 5.65. The predicted molar refractivity (Wildman–Crippen MR) is 95.7 cm³/mol. The first-order valence-corrected chi connectivity index (χ1v) is 9.40. The molecular formula is C17H32N4S.